The number of carbonyl (C=O) groups excluding carboxylic acids is 1. The summed E-state index contributed by atoms with van der Waals surface area (Å²) < 4.78 is 27.1. The fraction of sp³-hybridized carbons (Fsp3) is 0.263. The van der Waals surface area contributed by atoms with Crippen LogP contribution in [0.2, 0.25) is 0 Å². The summed E-state index contributed by atoms with van der Waals surface area (Å²) in [5, 5.41) is 3.80. The van der Waals surface area contributed by atoms with Gasteiger partial charge in [0.1, 0.15) is 6.04 Å². The summed E-state index contributed by atoms with van der Waals surface area (Å²) in [5.74, 6) is -0.596. The van der Waals surface area contributed by atoms with Gasteiger partial charge in [-0.05, 0) is 29.7 Å². The predicted molar refractivity (Wildman–Crippen MR) is 102 cm³/mol. The van der Waals surface area contributed by atoms with Crippen LogP contribution in [0.5, 0.6) is 0 Å². The molecule has 1 heterocycles. The minimum atomic E-state index is -3.76. The summed E-state index contributed by atoms with van der Waals surface area (Å²) in [6.07, 6.45) is 3.13. The monoisotopic (exact) mass is 373 g/mol. The second-order valence-corrected chi connectivity index (χ2v) is 7.73. The maximum absolute atomic E-state index is 12.4. The quantitative estimate of drug-likeness (QED) is 0.743. The van der Waals surface area contributed by atoms with Crippen LogP contribution in [0, 0.1) is 5.92 Å². The van der Waals surface area contributed by atoms with Crippen molar-refractivity contribution in [2.24, 2.45) is 5.92 Å². The van der Waals surface area contributed by atoms with Gasteiger partial charge in [0.25, 0.3) is 0 Å². The van der Waals surface area contributed by atoms with Crippen LogP contribution in [0.4, 0.5) is 0 Å². The fourth-order valence-electron chi connectivity index (χ4n) is 2.23. The Labute approximate surface area is 154 Å². The first-order chi connectivity index (χ1) is 12.4. The fourth-order valence-corrected chi connectivity index (χ4v) is 3.38. The van der Waals surface area contributed by atoms with Gasteiger partial charge in [-0.2, -0.15) is 4.72 Å². The lowest BCUT2D eigenvalue weighted by Crippen LogP contribution is -2.48. The van der Waals surface area contributed by atoms with E-state index in [1.165, 1.54) is 6.08 Å². The van der Waals surface area contributed by atoms with Crippen molar-refractivity contribution in [2.75, 3.05) is 0 Å². The molecule has 0 aliphatic heterocycles. The van der Waals surface area contributed by atoms with Crippen LogP contribution in [0.1, 0.15) is 25.1 Å². The van der Waals surface area contributed by atoms with E-state index in [4.69, 9.17) is 0 Å². The number of rotatable bonds is 8. The lowest BCUT2D eigenvalue weighted by molar-refractivity contribution is -0.123. The molecule has 2 rings (SSSR count). The molecule has 0 radical (unpaired) electrons. The van der Waals surface area contributed by atoms with Gasteiger partial charge in [-0.25, -0.2) is 8.42 Å². The molecule has 26 heavy (non-hydrogen) atoms. The third-order valence-corrected chi connectivity index (χ3v) is 4.73. The van der Waals surface area contributed by atoms with Crippen molar-refractivity contribution in [1.29, 1.82) is 0 Å². The summed E-state index contributed by atoms with van der Waals surface area (Å²) in [5.41, 5.74) is 1.47. The van der Waals surface area contributed by atoms with Crippen molar-refractivity contribution in [1.82, 2.24) is 15.0 Å². The van der Waals surface area contributed by atoms with Gasteiger partial charge in [-0.1, -0.05) is 50.2 Å². The summed E-state index contributed by atoms with van der Waals surface area (Å²) in [7, 11) is -3.76. The van der Waals surface area contributed by atoms with Crippen LogP contribution in [-0.4, -0.2) is 25.4 Å². The van der Waals surface area contributed by atoms with Crippen LogP contribution in [0.15, 0.2) is 60.1 Å². The van der Waals surface area contributed by atoms with Gasteiger partial charge < -0.3 is 5.32 Å². The minimum Gasteiger partial charge on any atom is -0.349 e. The minimum absolute atomic E-state index is 0.210. The van der Waals surface area contributed by atoms with E-state index in [9.17, 15) is 13.2 Å². The molecule has 1 aromatic heterocycles. The van der Waals surface area contributed by atoms with Crippen molar-refractivity contribution >= 4 is 22.0 Å². The highest BCUT2D eigenvalue weighted by Gasteiger charge is 2.26. The van der Waals surface area contributed by atoms with E-state index >= 15 is 0 Å². The largest absolute Gasteiger partial charge is 0.349 e. The molecule has 0 spiro atoms. The third kappa shape index (κ3) is 6.42. The number of carbonyl (C=O) groups is 1. The number of sulfonamides is 1. The Kier molecular flexibility index (Phi) is 7.06. The molecule has 0 aliphatic rings. The van der Waals surface area contributed by atoms with Gasteiger partial charge in [-0.15, -0.1) is 0 Å². The molecule has 0 fully saturated rings. The number of nitrogens with zero attached hydrogens (tertiary/aromatic N) is 1. The van der Waals surface area contributed by atoms with Gasteiger partial charge >= 0.3 is 0 Å². The molecule has 0 saturated carbocycles. The van der Waals surface area contributed by atoms with E-state index < -0.39 is 16.1 Å². The van der Waals surface area contributed by atoms with Crippen LogP contribution in [-0.2, 0) is 21.4 Å². The summed E-state index contributed by atoms with van der Waals surface area (Å²) in [6, 6.07) is 13.6. The molecule has 1 aromatic carbocycles. The van der Waals surface area contributed by atoms with Crippen molar-refractivity contribution in [3.63, 3.8) is 0 Å². The van der Waals surface area contributed by atoms with E-state index in [2.05, 4.69) is 15.0 Å². The van der Waals surface area contributed by atoms with Crippen LogP contribution < -0.4 is 10.0 Å². The Morgan fingerprint density at radius 1 is 1.12 bits per heavy atom. The second kappa shape index (κ2) is 9.26. The number of nitrogens with one attached hydrogen (secondary N) is 2. The average molecular weight is 373 g/mol. The topological polar surface area (TPSA) is 88.2 Å². The molecule has 0 saturated heterocycles. The zero-order valence-electron chi connectivity index (χ0n) is 14.8. The van der Waals surface area contributed by atoms with Crippen LogP contribution in [0.25, 0.3) is 6.08 Å². The molecule has 1 atom stereocenters. The number of hydrogen-bond donors (Lipinski definition) is 2. The van der Waals surface area contributed by atoms with E-state index in [0.29, 0.717) is 5.69 Å². The Morgan fingerprint density at radius 2 is 1.81 bits per heavy atom. The van der Waals surface area contributed by atoms with E-state index in [1.54, 1.807) is 44.3 Å². The number of aromatic nitrogens is 1. The maximum atomic E-state index is 12.4. The Balaban J connectivity index is 2.01. The molecule has 6 nitrogen and oxygen atoms in total. The number of hydrogen-bond acceptors (Lipinski definition) is 4. The average Bonchev–Trinajstić information content (AvgIpc) is 2.64. The zero-order chi connectivity index (χ0) is 19.0. The molecule has 7 heteroatoms. The summed E-state index contributed by atoms with van der Waals surface area (Å²) in [4.78, 5) is 16.5. The molecule has 0 aliphatic carbocycles. The van der Waals surface area contributed by atoms with Crippen molar-refractivity contribution < 1.29 is 13.2 Å². The molecule has 138 valence electrons. The number of pyridine rings is 1. The zero-order valence-corrected chi connectivity index (χ0v) is 15.6. The second-order valence-electron chi connectivity index (χ2n) is 6.14. The van der Waals surface area contributed by atoms with E-state index in [1.807, 2.05) is 24.3 Å². The molecule has 1 amide bonds. The summed E-state index contributed by atoms with van der Waals surface area (Å²) in [6.45, 7) is 3.81. The first kappa shape index (κ1) is 19.8. The van der Waals surface area contributed by atoms with Crippen LogP contribution in [0.3, 0.4) is 0 Å². The molecular formula is C19H23N3O3S. The van der Waals surface area contributed by atoms with Gasteiger partial charge in [-0.3, -0.25) is 9.78 Å². The number of benzene rings is 1. The highest BCUT2D eigenvalue weighted by Crippen LogP contribution is 2.07. The Bertz CT molecular complexity index is 835. The van der Waals surface area contributed by atoms with Gasteiger partial charge in [0.2, 0.25) is 15.9 Å². The maximum Gasteiger partial charge on any atom is 0.238 e. The van der Waals surface area contributed by atoms with E-state index in [0.717, 1.165) is 11.0 Å². The lowest BCUT2D eigenvalue weighted by atomic mass is 10.1. The van der Waals surface area contributed by atoms with Crippen molar-refractivity contribution in [3.8, 4) is 0 Å². The van der Waals surface area contributed by atoms with Crippen molar-refractivity contribution in [2.45, 2.75) is 26.4 Å². The normalized spacial score (nSPS) is 13.0. The van der Waals surface area contributed by atoms with Gasteiger partial charge in [0.15, 0.2) is 0 Å². The first-order valence-electron chi connectivity index (χ1n) is 8.30. The lowest BCUT2D eigenvalue weighted by Gasteiger charge is -2.20. The molecule has 2 N–H and O–H groups in total. The number of amides is 1. The summed E-state index contributed by atoms with van der Waals surface area (Å²) >= 11 is 0. The Morgan fingerprint density at radius 3 is 2.42 bits per heavy atom. The smallest absolute Gasteiger partial charge is 0.238 e. The predicted octanol–water partition coefficient (Wildman–Crippen LogP) is 2.31. The third-order valence-electron chi connectivity index (χ3n) is 3.65. The Hall–Kier alpha value is -2.51. The molecule has 0 bridgehead atoms. The highest BCUT2D eigenvalue weighted by molar-refractivity contribution is 7.92. The SMILES string of the molecule is CC(C)[C@H](NS(=O)(=O)/C=C/c1ccccc1)C(=O)NCc1ccccn1. The van der Waals surface area contributed by atoms with Crippen LogP contribution >= 0.6 is 0 Å². The molecule has 0 unspecified atom stereocenters. The first-order valence-corrected chi connectivity index (χ1v) is 9.85. The standard InChI is InChI=1S/C19H23N3O3S/c1-15(2)18(19(23)21-14-17-10-6-7-12-20-17)22-26(24,25)13-11-16-8-4-3-5-9-16/h3-13,15,18,22H,14H2,1-2H3,(H,21,23)/b13-11+/t18-/m0/s1. The van der Waals surface area contributed by atoms with E-state index in [-0.39, 0.29) is 18.4 Å². The molecule has 2 aromatic rings. The van der Waals surface area contributed by atoms with Crippen molar-refractivity contribution in [3.05, 3.63) is 71.4 Å². The van der Waals surface area contributed by atoms with Gasteiger partial charge in [0.05, 0.1) is 12.2 Å². The van der Waals surface area contributed by atoms with Gasteiger partial charge in [0, 0.05) is 11.6 Å². The molecular weight excluding hydrogens is 350 g/mol. The highest BCUT2D eigenvalue weighted by atomic mass is 32.2.